The van der Waals surface area contributed by atoms with Crippen LogP contribution in [-0.2, 0) is 4.79 Å². The molecule has 0 bridgehead atoms. The van der Waals surface area contributed by atoms with Crippen LogP contribution in [0.1, 0.15) is 12.5 Å². The summed E-state index contributed by atoms with van der Waals surface area (Å²) in [6.45, 7) is 1.55. The third-order valence-corrected chi connectivity index (χ3v) is 3.14. The smallest absolute Gasteiger partial charge is 0.265 e. The summed E-state index contributed by atoms with van der Waals surface area (Å²) in [5, 5.41) is 11.5. The van der Waals surface area contributed by atoms with E-state index in [0.717, 1.165) is 6.07 Å². The monoisotopic (exact) mass is 318 g/mol. The second-order valence-corrected chi connectivity index (χ2v) is 4.92. The van der Waals surface area contributed by atoms with Crippen LogP contribution in [0.4, 0.5) is 10.1 Å². The van der Waals surface area contributed by atoms with Gasteiger partial charge in [-0.15, -0.1) is 0 Å². The van der Waals surface area contributed by atoms with Crippen LogP contribution in [0.25, 0.3) is 0 Å². The Morgan fingerprint density at radius 1 is 1.32 bits per heavy atom. The van der Waals surface area contributed by atoms with Gasteiger partial charge in [0.05, 0.1) is 16.7 Å². The molecular weight excluding hydrogens is 307 g/mol. The molecule has 1 unspecified atom stereocenters. The maximum absolute atomic E-state index is 13.0. The number of carbonyl (C=O) groups is 1. The van der Waals surface area contributed by atoms with E-state index in [0.29, 0.717) is 11.3 Å². The predicted octanol–water partition coefficient (Wildman–Crippen LogP) is 3.76. The number of benzene rings is 2. The molecule has 0 aliphatic rings. The van der Waals surface area contributed by atoms with Crippen molar-refractivity contribution in [2.45, 2.75) is 13.0 Å². The largest absolute Gasteiger partial charge is 0.479 e. The maximum Gasteiger partial charge on any atom is 0.265 e. The Hall–Kier alpha value is -2.58. The number of carbonyl (C=O) groups excluding carboxylic acids is 1. The molecule has 0 saturated carbocycles. The van der Waals surface area contributed by atoms with E-state index in [4.69, 9.17) is 21.6 Å². The minimum Gasteiger partial charge on any atom is -0.479 e. The molecule has 112 valence electrons. The SMILES string of the molecule is CC(Oc1ccc(F)cc1Cl)C(=O)Nc1ccc(C#N)cc1. The van der Waals surface area contributed by atoms with Crippen LogP contribution in [0.2, 0.25) is 5.02 Å². The molecule has 2 rings (SSSR count). The number of halogens is 2. The van der Waals surface area contributed by atoms with Gasteiger partial charge in [-0.2, -0.15) is 5.26 Å². The van der Waals surface area contributed by atoms with Crippen molar-refractivity contribution in [3.63, 3.8) is 0 Å². The Morgan fingerprint density at radius 3 is 2.59 bits per heavy atom. The summed E-state index contributed by atoms with van der Waals surface area (Å²) in [6.07, 6.45) is -0.821. The molecule has 1 N–H and O–H groups in total. The minimum absolute atomic E-state index is 0.0954. The zero-order chi connectivity index (χ0) is 16.1. The first-order valence-electron chi connectivity index (χ1n) is 6.42. The van der Waals surface area contributed by atoms with E-state index >= 15 is 0 Å². The minimum atomic E-state index is -0.821. The number of nitriles is 1. The van der Waals surface area contributed by atoms with Gasteiger partial charge in [-0.05, 0) is 49.4 Å². The van der Waals surface area contributed by atoms with E-state index < -0.39 is 11.9 Å². The number of rotatable bonds is 4. The quantitative estimate of drug-likeness (QED) is 0.933. The molecule has 0 aliphatic heterocycles. The van der Waals surface area contributed by atoms with Crippen LogP contribution in [-0.4, -0.2) is 12.0 Å². The third-order valence-electron chi connectivity index (χ3n) is 2.85. The van der Waals surface area contributed by atoms with E-state index in [2.05, 4.69) is 5.32 Å². The van der Waals surface area contributed by atoms with Crippen molar-refractivity contribution in [1.29, 1.82) is 5.26 Å². The molecule has 1 amide bonds. The lowest BCUT2D eigenvalue weighted by Gasteiger charge is -2.15. The predicted molar refractivity (Wildman–Crippen MR) is 81.3 cm³/mol. The average Bonchev–Trinajstić information content (AvgIpc) is 2.50. The maximum atomic E-state index is 13.0. The van der Waals surface area contributed by atoms with Crippen molar-refractivity contribution >= 4 is 23.2 Å². The zero-order valence-corrected chi connectivity index (χ0v) is 12.4. The second kappa shape index (κ2) is 6.92. The summed E-state index contributed by atoms with van der Waals surface area (Å²) >= 11 is 5.84. The van der Waals surface area contributed by atoms with Gasteiger partial charge in [-0.1, -0.05) is 11.6 Å². The Kier molecular flexibility index (Phi) is 4.97. The number of nitrogens with one attached hydrogen (secondary N) is 1. The molecule has 0 spiro atoms. The fourth-order valence-electron chi connectivity index (χ4n) is 1.69. The number of anilines is 1. The molecule has 0 saturated heterocycles. The van der Waals surface area contributed by atoms with Crippen LogP contribution in [0, 0.1) is 17.1 Å². The van der Waals surface area contributed by atoms with Crippen molar-refractivity contribution in [3.05, 3.63) is 58.9 Å². The van der Waals surface area contributed by atoms with Gasteiger partial charge < -0.3 is 10.1 Å². The van der Waals surface area contributed by atoms with Crippen LogP contribution < -0.4 is 10.1 Å². The molecule has 4 nitrogen and oxygen atoms in total. The normalized spacial score (nSPS) is 11.4. The topological polar surface area (TPSA) is 62.1 Å². The molecular formula is C16H12ClFN2O2. The van der Waals surface area contributed by atoms with Gasteiger partial charge in [-0.3, -0.25) is 4.79 Å². The van der Waals surface area contributed by atoms with Gasteiger partial charge in [-0.25, -0.2) is 4.39 Å². The van der Waals surface area contributed by atoms with Gasteiger partial charge >= 0.3 is 0 Å². The molecule has 0 radical (unpaired) electrons. The van der Waals surface area contributed by atoms with Gasteiger partial charge in [0.15, 0.2) is 6.10 Å². The van der Waals surface area contributed by atoms with Gasteiger partial charge in [0.25, 0.3) is 5.91 Å². The van der Waals surface area contributed by atoms with Crippen LogP contribution >= 0.6 is 11.6 Å². The molecule has 0 fully saturated rings. The molecule has 22 heavy (non-hydrogen) atoms. The number of amides is 1. The summed E-state index contributed by atoms with van der Waals surface area (Å²) in [4.78, 5) is 12.0. The Balaban J connectivity index is 2.01. The van der Waals surface area contributed by atoms with E-state index in [9.17, 15) is 9.18 Å². The van der Waals surface area contributed by atoms with E-state index in [-0.39, 0.29) is 16.7 Å². The molecule has 2 aromatic rings. The Morgan fingerprint density at radius 2 is 2.00 bits per heavy atom. The van der Waals surface area contributed by atoms with Gasteiger partial charge in [0.1, 0.15) is 11.6 Å². The number of ether oxygens (including phenoxy) is 1. The van der Waals surface area contributed by atoms with Crippen LogP contribution in [0.3, 0.4) is 0 Å². The molecule has 1 atom stereocenters. The molecule has 0 aliphatic carbocycles. The third kappa shape index (κ3) is 3.96. The molecule has 0 heterocycles. The first-order chi connectivity index (χ1) is 10.5. The molecule has 0 aromatic heterocycles. The highest BCUT2D eigenvalue weighted by Crippen LogP contribution is 2.26. The zero-order valence-electron chi connectivity index (χ0n) is 11.6. The van der Waals surface area contributed by atoms with Crippen molar-refractivity contribution in [3.8, 4) is 11.8 Å². The lowest BCUT2D eigenvalue weighted by molar-refractivity contribution is -0.122. The van der Waals surface area contributed by atoms with Crippen LogP contribution in [0.15, 0.2) is 42.5 Å². The second-order valence-electron chi connectivity index (χ2n) is 4.51. The molecule has 2 aromatic carbocycles. The van der Waals surface area contributed by atoms with Gasteiger partial charge in [0, 0.05) is 5.69 Å². The fraction of sp³-hybridized carbons (Fsp3) is 0.125. The van der Waals surface area contributed by atoms with Crippen LogP contribution in [0.5, 0.6) is 5.75 Å². The lowest BCUT2D eigenvalue weighted by Crippen LogP contribution is -2.30. The van der Waals surface area contributed by atoms with Gasteiger partial charge in [0.2, 0.25) is 0 Å². The number of hydrogen-bond acceptors (Lipinski definition) is 3. The first kappa shape index (κ1) is 15.8. The van der Waals surface area contributed by atoms with Crippen molar-refractivity contribution < 1.29 is 13.9 Å². The Labute approximate surface area is 132 Å². The standard InChI is InChI=1S/C16H12ClFN2O2/c1-10(22-15-7-4-12(18)8-14(15)17)16(21)20-13-5-2-11(9-19)3-6-13/h2-8,10H,1H3,(H,20,21). The summed E-state index contributed by atoms with van der Waals surface area (Å²) in [6, 6.07) is 12.1. The fourth-order valence-corrected chi connectivity index (χ4v) is 1.90. The summed E-state index contributed by atoms with van der Waals surface area (Å²) in [5.74, 6) is -0.636. The summed E-state index contributed by atoms with van der Waals surface area (Å²) < 4.78 is 18.4. The van der Waals surface area contributed by atoms with Crippen molar-refractivity contribution in [2.24, 2.45) is 0 Å². The summed E-state index contributed by atoms with van der Waals surface area (Å²) in [7, 11) is 0. The highest BCUT2D eigenvalue weighted by atomic mass is 35.5. The summed E-state index contributed by atoms with van der Waals surface area (Å²) in [5.41, 5.74) is 1.05. The molecule has 6 heteroatoms. The van der Waals surface area contributed by atoms with Crippen molar-refractivity contribution in [2.75, 3.05) is 5.32 Å². The van der Waals surface area contributed by atoms with Crippen molar-refractivity contribution in [1.82, 2.24) is 0 Å². The lowest BCUT2D eigenvalue weighted by atomic mass is 10.2. The number of nitrogens with zero attached hydrogens (tertiary/aromatic N) is 1. The van der Waals surface area contributed by atoms with E-state index in [1.54, 1.807) is 31.2 Å². The average molecular weight is 319 g/mol. The highest BCUT2D eigenvalue weighted by Gasteiger charge is 2.16. The van der Waals surface area contributed by atoms with E-state index in [1.165, 1.54) is 12.1 Å². The Bertz CT molecular complexity index is 726. The number of hydrogen-bond donors (Lipinski definition) is 1. The van der Waals surface area contributed by atoms with E-state index in [1.807, 2.05) is 6.07 Å². The first-order valence-corrected chi connectivity index (χ1v) is 6.80. The highest BCUT2D eigenvalue weighted by molar-refractivity contribution is 6.32.